The monoisotopic (exact) mass is 270 g/mol. The Kier molecular flexibility index (Phi) is 2.87. The molecule has 0 amide bonds. The van der Waals surface area contributed by atoms with E-state index >= 15 is 0 Å². The summed E-state index contributed by atoms with van der Waals surface area (Å²) >= 11 is 0. The minimum atomic E-state index is -0.409. The van der Waals surface area contributed by atoms with Crippen LogP contribution in [0.2, 0.25) is 0 Å². The Hall–Kier alpha value is -2.82. The molecule has 0 saturated carbocycles. The van der Waals surface area contributed by atoms with Crippen LogP contribution in [0, 0.1) is 6.92 Å². The largest absolute Gasteiger partial charge is 0.426 e. The van der Waals surface area contributed by atoms with Crippen LogP contribution in [0.1, 0.15) is 16.1 Å². The summed E-state index contributed by atoms with van der Waals surface area (Å²) in [6, 6.07) is 9.62. The van der Waals surface area contributed by atoms with Crippen LogP contribution in [0.15, 0.2) is 50.0 Å². The van der Waals surface area contributed by atoms with Crippen molar-refractivity contribution in [3.8, 4) is 11.7 Å². The molecule has 5 nitrogen and oxygen atoms in total. The van der Waals surface area contributed by atoms with Crippen molar-refractivity contribution >= 4 is 17.3 Å². The second kappa shape index (κ2) is 4.70. The van der Waals surface area contributed by atoms with Gasteiger partial charge in [-0.2, -0.15) is 0 Å². The first-order valence-corrected chi connectivity index (χ1v) is 5.93. The third kappa shape index (κ3) is 2.21. The van der Waals surface area contributed by atoms with Gasteiger partial charge in [0, 0.05) is 23.6 Å². The van der Waals surface area contributed by atoms with Crippen LogP contribution in [0.25, 0.3) is 11.0 Å². The highest BCUT2D eigenvalue weighted by Crippen LogP contribution is 2.27. The van der Waals surface area contributed by atoms with Crippen molar-refractivity contribution in [3.05, 3.63) is 58.1 Å². The SMILES string of the molecule is Cc1cc(=O)oc2cc(Oc3ccc(C=O)o3)ccc12. The standard InChI is InChI=1S/C15H10O5/c1-9-6-14(17)20-13-7-10(2-4-12(9)13)18-15-5-3-11(8-16)19-15/h2-8H,1H3. The number of carbonyl (C=O) groups is 1. The molecule has 100 valence electrons. The van der Waals surface area contributed by atoms with E-state index in [1.54, 1.807) is 24.3 Å². The van der Waals surface area contributed by atoms with E-state index in [1.165, 1.54) is 12.1 Å². The highest BCUT2D eigenvalue weighted by molar-refractivity contribution is 5.81. The average molecular weight is 270 g/mol. The van der Waals surface area contributed by atoms with Crippen molar-refractivity contribution in [2.45, 2.75) is 6.92 Å². The van der Waals surface area contributed by atoms with Crippen LogP contribution in [-0.2, 0) is 0 Å². The molecule has 0 radical (unpaired) electrons. The second-order valence-corrected chi connectivity index (χ2v) is 4.28. The molecule has 3 rings (SSSR count). The van der Waals surface area contributed by atoms with Gasteiger partial charge in [-0.3, -0.25) is 4.79 Å². The summed E-state index contributed by atoms with van der Waals surface area (Å²) in [6.07, 6.45) is 0.593. The smallest absolute Gasteiger partial charge is 0.336 e. The Balaban J connectivity index is 2.00. The van der Waals surface area contributed by atoms with Crippen LogP contribution in [0.4, 0.5) is 0 Å². The molecule has 0 aliphatic rings. The molecule has 2 heterocycles. The maximum atomic E-state index is 11.4. The van der Waals surface area contributed by atoms with Gasteiger partial charge in [-0.25, -0.2) is 4.79 Å². The van der Waals surface area contributed by atoms with Gasteiger partial charge in [0.2, 0.25) is 0 Å². The summed E-state index contributed by atoms with van der Waals surface area (Å²) in [5.41, 5.74) is 0.868. The number of hydrogen-bond donors (Lipinski definition) is 0. The molecule has 0 aliphatic carbocycles. The zero-order valence-corrected chi connectivity index (χ0v) is 10.6. The first-order valence-electron chi connectivity index (χ1n) is 5.93. The lowest BCUT2D eigenvalue weighted by Crippen LogP contribution is -1.97. The number of rotatable bonds is 3. The molecule has 0 fully saturated rings. The van der Waals surface area contributed by atoms with Crippen LogP contribution in [-0.4, -0.2) is 6.29 Å². The molecule has 0 atom stereocenters. The number of aryl methyl sites for hydroxylation is 1. The van der Waals surface area contributed by atoms with E-state index in [0.717, 1.165) is 10.9 Å². The fourth-order valence-electron chi connectivity index (χ4n) is 1.94. The summed E-state index contributed by atoms with van der Waals surface area (Å²) in [5.74, 6) is 0.836. The van der Waals surface area contributed by atoms with Crippen molar-refractivity contribution < 1.29 is 18.4 Å². The van der Waals surface area contributed by atoms with Gasteiger partial charge < -0.3 is 13.6 Å². The molecule has 0 bridgehead atoms. The minimum Gasteiger partial charge on any atom is -0.426 e. The molecule has 0 unspecified atom stereocenters. The first kappa shape index (κ1) is 12.2. The van der Waals surface area contributed by atoms with E-state index < -0.39 is 5.63 Å². The predicted octanol–water partition coefficient (Wildman–Crippen LogP) is 3.30. The van der Waals surface area contributed by atoms with E-state index in [2.05, 4.69) is 0 Å². The third-order valence-corrected chi connectivity index (χ3v) is 2.86. The number of benzene rings is 1. The Bertz CT molecular complexity index is 841. The molecular weight excluding hydrogens is 260 g/mol. The Labute approximate surface area is 113 Å². The topological polar surface area (TPSA) is 69.7 Å². The maximum Gasteiger partial charge on any atom is 0.336 e. The first-order chi connectivity index (χ1) is 9.65. The van der Waals surface area contributed by atoms with Crippen molar-refractivity contribution in [3.63, 3.8) is 0 Å². The van der Waals surface area contributed by atoms with E-state index in [1.807, 2.05) is 6.92 Å². The molecule has 0 N–H and O–H groups in total. The molecule has 2 aromatic heterocycles. The summed E-state index contributed by atoms with van der Waals surface area (Å²) in [4.78, 5) is 21.9. The molecule has 3 aromatic rings. The van der Waals surface area contributed by atoms with Crippen molar-refractivity contribution in [2.75, 3.05) is 0 Å². The lowest BCUT2D eigenvalue weighted by Gasteiger charge is -2.04. The molecule has 0 spiro atoms. The van der Waals surface area contributed by atoms with Gasteiger partial charge in [-0.15, -0.1) is 0 Å². The van der Waals surface area contributed by atoms with Crippen molar-refractivity contribution in [1.82, 2.24) is 0 Å². The number of aldehydes is 1. The normalized spacial score (nSPS) is 10.7. The Morgan fingerprint density at radius 2 is 1.95 bits per heavy atom. The fraction of sp³-hybridized carbons (Fsp3) is 0.0667. The predicted molar refractivity (Wildman–Crippen MR) is 71.4 cm³/mol. The third-order valence-electron chi connectivity index (χ3n) is 2.86. The van der Waals surface area contributed by atoms with Crippen LogP contribution in [0.3, 0.4) is 0 Å². The van der Waals surface area contributed by atoms with E-state index in [9.17, 15) is 9.59 Å². The Morgan fingerprint density at radius 3 is 2.70 bits per heavy atom. The Morgan fingerprint density at radius 1 is 1.10 bits per heavy atom. The summed E-state index contributed by atoms with van der Waals surface area (Å²) in [7, 11) is 0. The van der Waals surface area contributed by atoms with Gasteiger partial charge in [0.05, 0.1) is 0 Å². The highest BCUT2D eigenvalue weighted by Gasteiger charge is 2.07. The van der Waals surface area contributed by atoms with E-state index in [-0.39, 0.29) is 11.7 Å². The van der Waals surface area contributed by atoms with Crippen LogP contribution < -0.4 is 10.4 Å². The summed E-state index contributed by atoms with van der Waals surface area (Å²) < 4.78 is 15.7. The van der Waals surface area contributed by atoms with Gasteiger partial charge in [0.15, 0.2) is 12.0 Å². The quantitative estimate of drug-likeness (QED) is 0.539. The zero-order chi connectivity index (χ0) is 14.1. The summed E-state index contributed by atoms with van der Waals surface area (Å²) in [6.45, 7) is 1.84. The zero-order valence-electron chi connectivity index (χ0n) is 10.6. The van der Waals surface area contributed by atoms with Crippen molar-refractivity contribution in [2.24, 2.45) is 0 Å². The minimum absolute atomic E-state index is 0.183. The molecular formula is C15H10O5. The van der Waals surface area contributed by atoms with E-state index in [0.29, 0.717) is 17.6 Å². The number of hydrogen-bond acceptors (Lipinski definition) is 5. The maximum absolute atomic E-state index is 11.4. The second-order valence-electron chi connectivity index (χ2n) is 4.28. The number of fused-ring (bicyclic) bond motifs is 1. The molecule has 0 aliphatic heterocycles. The highest BCUT2D eigenvalue weighted by atomic mass is 16.6. The van der Waals surface area contributed by atoms with Crippen LogP contribution in [0.5, 0.6) is 11.7 Å². The molecule has 1 aromatic carbocycles. The number of ether oxygens (including phenoxy) is 1. The van der Waals surface area contributed by atoms with Gasteiger partial charge in [0.1, 0.15) is 11.3 Å². The molecule has 0 saturated heterocycles. The average Bonchev–Trinajstić information content (AvgIpc) is 2.85. The van der Waals surface area contributed by atoms with Gasteiger partial charge >= 0.3 is 5.63 Å². The van der Waals surface area contributed by atoms with Gasteiger partial charge in [0.25, 0.3) is 5.95 Å². The lowest BCUT2D eigenvalue weighted by molar-refractivity contribution is 0.109. The fourth-order valence-corrected chi connectivity index (χ4v) is 1.94. The van der Waals surface area contributed by atoms with Crippen molar-refractivity contribution in [1.29, 1.82) is 0 Å². The summed E-state index contributed by atoms with van der Waals surface area (Å²) in [5, 5.41) is 0.838. The van der Waals surface area contributed by atoms with E-state index in [4.69, 9.17) is 13.6 Å². The molecule has 20 heavy (non-hydrogen) atoms. The lowest BCUT2D eigenvalue weighted by atomic mass is 10.1. The van der Waals surface area contributed by atoms with Crippen LogP contribution >= 0.6 is 0 Å². The number of carbonyl (C=O) groups excluding carboxylic acids is 1. The number of furan rings is 1. The van der Waals surface area contributed by atoms with Gasteiger partial charge in [-0.05, 0) is 30.7 Å². The van der Waals surface area contributed by atoms with Gasteiger partial charge in [-0.1, -0.05) is 0 Å². The molecule has 5 heteroatoms.